The van der Waals surface area contributed by atoms with E-state index in [1.54, 1.807) is 0 Å². The van der Waals surface area contributed by atoms with Crippen molar-refractivity contribution in [2.24, 2.45) is 12.8 Å². The third-order valence-electron chi connectivity index (χ3n) is 2.23. The van der Waals surface area contributed by atoms with E-state index < -0.39 is 17.9 Å². The number of rotatable bonds is 5. The SMILES string of the molecule is Cn1cccc1CNC(=O)C(N)CC(=O)O. The summed E-state index contributed by atoms with van der Waals surface area (Å²) in [4.78, 5) is 21.7. The van der Waals surface area contributed by atoms with Crippen LogP contribution in [-0.2, 0) is 23.2 Å². The quantitative estimate of drug-likeness (QED) is 0.626. The number of nitrogens with zero attached hydrogens (tertiary/aromatic N) is 1. The zero-order chi connectivity index (χ0) is 12.1. The molecule has 0 saturated heterocycles. The van der Waals surface area contributed by atoms with E-state index in [9.17, 15) is 9.59 Å². The zero-order valence-electron chi connectivity index (χ0n) is 9.01. The summed E-state index contributed by atoms with van der Waals surface area (Å²) in [5, 5.41) is 11.0. The predicted octanol–water partition coefficient (Wildman–Crippen LogP) is -0.557. The maximum atomic E-state index is 11.4. The summed E-state index contributed by atoms with van der Waals surface area (Å²) in [6, 6.07) is 2.72. The molecule has 6 heteroatoms. The largest absolute Gasteiger partial charge is 0.481 e. The van der Waals surface area contributed by atoms with Crippen LogP contribution in [0.25, 0.3) is 0 Å². The first-order chi connectivity index (χ1) is 7.50. The van der Waals surface area contributed by atoms with E-state index in [2.05, 4.69) is 5.32 Å². The van der Waals surface area contributed by atoms with Crippen LogP contribution >= 0.6 is 0 Å². The standard InChI is InChI=1S/C10H15N3O3/c1-13-4-2-3-7(13)6-12-10(16)8(11)5-9(14)15/h2-4,8H,5-6,11H2,1H3,(H,12,16)(H,14,15). The molecule has 0 spiro atoms. The van der Waals surface area contributed by atoms with Gasteiger partial charge in [-0.25, -0.2) is 0 Å². The van der Waals surface area contributed by atoms with Crippen LogP contribution in [0.3, 0.4) is 0 Å². The Hall–Kier alpha value is -1.82. The lowest BCUT2D eigenvalue weighted by Crippen LogP contribution is -2.41. The number of hydrogen-bond acceptors (Lipinski definition) is 3. The van der Waals surface area contributed by atoms with E-state index in [1.165, 1.54) is 0 Å². The molecular formula is C10H15N3O3. The average molecular weight is 225 g/mol. The molecule has 0 bridgehead atoms. The summed E-state index contributed by atoms with van der Waals surface area (Å²) in [5.41, 5.74) is 6.32. The molecule has 4 N–H and O–H groups in total. The molecular weight excluding hydrogens is 210 g/mol. The van der Waals surface area contributed by atoms with Gasteiger partial charge in [-0.2, -0.15) is 0 Å². The van der Waals surface area contributed by atoms with E-state index in [4.69, 9.17) is 10.8 Å². The minimum atomic E-state index is -1.08. The number of aliphatic carboxylic acids is 1. The van der Waals surface area contributed by atoms with Crippen LogP contribution in [0.5, 0.6) is 0 Å². The number of carbonyl (C=O) groups excluding carboxylic acids is 1. The summed E-state index contributed by atoms with van der Waals surface area (Å²) >= 11 is 0. The zero-order valence-corrected chi connectivity index (χ0v) is 9.01. The fourth-order valence-electron chi connectivity index (χ4n) is 1.27. The fraction of sp³-hybridized carbons (Fsp3) is 0.400. The second kappa shape index (κ2) is 5.32. The third-order valence-corrected chi connectivity index (χ3v) is 2.23. The Morgan fingerprint density at radius 2 is 2.31 bits per heavy atom. The number of nitrogens with one attached hydrogen (secondary N) is 1. The molecule has 88 valence electrons. The summed E-state index contributed by atoms with van der Waals surface area (Å²) in [7, 11) is 1.86. The molecule has 0 aliphatic carbocycles. The van der Waals surface area contributed by atoms with Gasteiger partial charge in [0.25, 0.3) is 0 Å². The second-order valence-electron chi connectivity index (χ2n) is 3.53. The van der Waals surface area contributed by atoms with Gasteiger partial charge in [0.1, 0.15) is 0 Å². The molecule has 1 aromatic heterocycles. The van der Waals surface area contributed by atoms with E-state index in [1.807, 2.05) is 29.9 Å². The number of nitrogens with two attached hydrogens (primary N) is 1. The maximum Gasteiger partial charge on any atom is 0.305 e. The second-order valence-corrected chi connectivity index (χ2v) is 3.53. The van der Waals surface area contributed by atoms with Crippen molar-refractivity contribution in [2.75, 3.05) is 0 Å². The van der Waals surface area contributed by atoms with Gasteiger partial charge in [-0.05, 0) is 12.1 Å². The van der Waals surface area contributed by atoms with Gasteiger partial charge in [-0.1, -0.05) is 0 Å². The molecule has 1 heterocycles. The number of aromatic nitrogens is 1. The van der Waals surface area contributed by atoms with E-state index in [-0.39, 0.29) is 6.42 Å². The molecule has 0 fully saturated rings. The van der Waals surface area contributed by atoms with Crippen molar-refractivity contribution in [3.8, 4) is 0 Å². The highest BCUT2D eigenvalue weighted by atomic mass is 16.4. The number of amides is 1. The van der Waals surface area contributed by atoms with Gasteiger partial charge in [-0.3, -0.25) is 9.59 Å². The maximum absolute atomic E-state index is 11.4. The number of hydrogen-bond donors (Lipinski definition) is 3. The molecule has 16 heavy (non-hydrogen) atoms. The van der Waals surface area contributed by atoms with Crippen LogP contribution in [0.2, 0.25) is 0 Å². The molecule has 0 aromatic carbocycles. The first kappa shape index (κ1) is 12.3. The fourth-order valence-corrected chi connectivity index (χ4v) is 1.27. The summed E-state index contributed by atoms with van der Waals surface area (Å²) < 4.78 is 1.86. The van der Waals surface area contributed by atoms with Gasteiger partial charge in [0.15, 0.2) is 0 Å². The van der Waals surface area contributed by atoms with Crippen LogP contribution in [0.15, 0.2) is 18.3 Å². The highest BCUT2D eigenvalue weighted by Crippen LogP contribution is 1.99. The first-order valence-electron chi connectivity index (χ1n) is 4.86. The highest BCUT2D eigenvalue weighted by molar-refractivity contribution is 5.85. The lowest BCUT2D eigenvalue weighted by Gasteiger charge is -2.10. The normalized spacial score (nSPS) is 12.1. The van der Waals surface area contributed by atoms with E-state index in [0.29, 0.717) is 6.54 Å². The van der Waals surface area contributed by atoms with Gasteiger partial charge in [0.05, 0.1) is 19.0 Å². The number of carboxylic acid groups (broad SMARTS) is 1. The van der Waals surface area contributed by atoms with Gasteiger partial charge < -0.3 is 20.7 Å². The topological polar surface area (TPSA) is 97.4 Å². The monoisotopic (exact) mass is 225 g/mol. The Kier molecular flexibility index (Phi) is 4.07. The van der Waals surface area contributed by atoms with Gasteiger partial charge in [-0.15, -0.1) is 0 Å². The van der Waals surface area contributed by atoms with Crippen molar-refractivity contribution in [1.29, 1.82) is 0 Å². The predicted molar refractivity (Wildman–Crippen MR) is 57.5 cm³/mol. The van der Waals surface area contributed by atoms with Crippen LogP contribution in [0.1, 0.15) is 12.1 Å². The minimum Gasteiger partial charge on any atom is -0.481 e. The Bertz CT molecular complexity index is 386. The van der Waals surface area contributed by atoms with Crippen LogP contribution < -0.4 is 11.1 Å². The van der Waals surface area contributed by atoms with E-state index >= 15 is 0 Å². The summed E-state index contributed by atoms with van der Waals surface area (Å²) in [6.07, 6.45) is 1.50. The average Bonchev–Trinajstić information content (AvgIpc) is 2.59. The van der Waals surface area contributed by atoms with Gasteiger partial charge in [0, 0.05) is 18.9 Å². The molecule has 1 aromatic rings. The molecule has 6 nitrogen and oxygen atoms in total. The van der Waals surface area contributed by atoms with Crippen LogP contribution in [0.4, 0.5) is 0 Å². The van der Waals surface area contributed by atoms with Crippen molar-refractivity contribution in [3.05, 3.63) is 24.0 Å². The van der Waals surface area contributed by atoms with Gasteiger partial charge in [0.2, 0.25) is 5.91 Å². The smallest absolute Gasteiger partial charge is 0.305 e. The van der Waals surface area contributed by atoms with E-state index in [0.717, 1.165) is 5.69 Å². The van der Waals surface area contributed by atoms with Crippen molar-refractivity contribution in [2.45, 2.75) is 19.0 Å². The molecule has 0 saturated carbocycles. The van der Waals surface area contributed by atoms with Crippen molar-refractivity contribution in [3.63, 3.8) is 0 Å². The Labute approximate surface area is 93.0 Å². The minimum absolute atomic E-state index is 0.343. The highest BCUT2D eigenvalue weighted by Gasteiger charge is 2.16. The molecule has 1 rings (SSSR count). The Morgan fingerprint density at radius 1 is 1.62 bits per heavy atom. The molecule has 0 aliphatic heterocycles. The van der Waals surface area contributed by atoms with Crippen molar-refractivity contribution >= 4 is 11.9 Å². The van der Waals surface area contributed by atoms with Crippen molar-refractivity contribution in [1.82, 2.24) is 9.88 Å². The Morgan fingerprint density at radius 3 is 2.81 bits per heavy atom. The number of carbonyl (C=O) groups is 2. The molecule has 1 atom stereocenters. The summed E-state index contributed by atoms with van der Waals surface area (Å²) in [6.45, 7) is 0.343. The van der Waals surface area contributed by atoms with Gasteiger partial charge >= 0.3 is 5.97 Å². The molecule has 0 aliphatic rings. The number of carboxylic acids is 1. The first-order valence-corrected chi connectivity index (χ1v) is 4.86. The third kappa shape index (κ3) is 3.39. The molecule has 1 amide bonds. The van der Waals surface area contributed by atoms with Crippen LogP contribution in [-0.4, -0.2) is 27.6 Å². The lowest BCUT2D eigenvalue weighted by molar-refractivity contribution is -0.139. The van der Waals surface area contributed by atoms with Crippen molar-refractivity contribution < 1.29 is 14.7 Å². The van der Waals surface area contributed by atoms with Crippen LogP contribution in [0, 0.1) is 0 Å². The molecule has 1 unspecified atom stereocenters. The lowest BCUT2D eigenvalue weighted by atomic mass is 10.2. The summed E-state index contributed by atoms with van der Waals surface area (Å²) in [5.74, 6) is -1.54. The Balaban J connectivity index is 2.41. The number of aryl methyl sites for hydroxylation is 1. The molecule has 0 radical (unpaired) electrons.